The molecule has 37 heavy (non-hydrogen) atoms. The molecule has 3 atom stereocenters. The van der Waals surface area contributed by atoms with Crippen LogP contribution in [0.1, 0.15) is 24.0 Å². The molecule has 0 saturated carbocycles. The molecule has 1 heterocycles. The molecular weight excluding hydrogens is 480 g/mol. The van der Waals surface area contributed by atoms with Crippen LogP contribution >= 0.6 is 0 Å². The smallest absolute Gasteiger partial charge is 0.326 e. The third kappa shape index (κ3) is 7.03. The lowest BCUT2D eigenvalue weighted by Gasteiger charge is -2.23. The highest BCUT2D eigenvalue weighted by Gasteiger charge is 2.29. The van der Waals surface area contributed by atoms with Gasteiger partial charge in [0.25, 0.3) is 0 Å². The van der Waals surface area contributed by atoms with E-state index in [4.69, 9.17) is 17.2 Å². The molecule has 3 rings (SSSR count). The lowest BCUT2D eigenvalue weighted by atomic mass is 9.95. The van der Waals surface area contributed by atoms with Crippen LogP contribution in [0.5, 0.6) is 5.75 Å². The number of carbonyl (C=O) groups is 4. The van der Waals surface area contributed by atoms with E-state index in [0.29, 0.717) is 34.4 Å². The third-order valence-corrected chi connectivity index (χ3v) is 6.12. The molecule has 1 aliphatic heterocycles. The summed E-state index contributed by atoms with van der Waals surface area (Å²) in [6.45, 7) is -0.0178. The van der Waals surface area contributed by atoms with Gasteiger partial charge < -0.3 is 43.4 Å². The number of nitrogens with two attached hydrogens (primary N) is 3. The SMILES string of the molecule is NCCC[C@@H]1NC(=O)[C@@H](N)Cc2cc(ccc2O)-c2ccc(NC(=O)CN)c(c2)CC(C(=O)O)NC1=O. The number of benzene rings is 2. The van der Waals surface area contributed by atoms with E-state index in [1.807, 2.05) is 0 Å². The quantitative estimate of drug-likeness (QED) is 0.242. The number of rotatable bonds is 6. The largest absolute Gasteiger partial charge is 0.508 e. The van der Waals surface area contributed by atoms with Crippen LogP contribution in [0.25, 0.3) is 11.1 Å². The normalized spacial score (nSPS) is 20.1. The number of hydrogen-bond donors (Lipinski definition) is 8. The third-order valence-electron chi connectivity index (χ3n) is 6.12. The van der Waals surface area contributed by atoms with Crippen molar-refractivity contribution in [2.75, 3.05) is 18.4 Å². The molecule has 12 heteroatoms. The molecule has 2 aromatic rings. The van der Waals surface area contributed by atoms with Gasteiger partial charge in [-0.15, -0.1) is 0 Å². The maximum atomic E-state index is 13.1. The van der Waals surface area contributed by atoms with Gasteiger partial charge in [-0.1, -0.05) is 12.1 Å². The Morgan fingerprint density at radius 3 is 2.30 bits per heavy atom. The monoisotopic (exact) mass is 512 g/mol. The number of aliphatic carboxylic acids is 1. The number of phenolic OH excluding ortho intramolecular Hbond substituents is 1. The fourth-order valence-corrected chi connectivity index (χ4v) is 4.09. The zero-order valence-electron chi connectivity index (χ0n) is 20.2. The molecule has 0 aromatic heterocycles. The summed E-state index contributed by atoms with van der Waals surface area (Å²) in [6, 6.07) is 6.32. The lowest BCUT2D eigenvalue weighted by molar-refractivity contribution is -0.142. The van der Waals surface area contributed by atoms with Gasteiger partial charge in [0.2, 0.25) is 17.7 Å². The van der Waals surface area contributed by atoms with Gasteiger partial charge in [-0.25, -0.2) is 4.79 Å². The van der Waals surface area contributed by atoms with Gasteiger partial charge in [0.1, 0.15) is 17.8 Å². The number of carbonyl (C=O) groups excluding carboxylic acids is 3. The Bertz CT molecular complexity index is 1190. The van der Waals surface area contributed by atoms with Crippen LogP contribution in [0.2, 0.25) is 0 Å². The zero-order chi connectivity index (χ0) is 27.1. The van der Waals surface area contributed by atoms with Crippen LogP contribution in [0.4, 0.5) is 5.69 Å². The summed E-state index contributed by atoms with van der Waals surface area (Å²) in [4.78, 5) is 50.0. The van der Waals surface area contributed by atoms with Crippen molar-refractivity contribution in [3.63, 3.8) is 0 Å². The highest BCUT2D eigenvalue weighted by molar-refractivity contribution is 5.94. The molecule has 3 amide bonds. The lowest BCUT2D eigenvalue weighted by Crippen LogP contribution is -2.55. The molecule has 0 fully saturated rings. The Morgan fingerprint density at radius 1 is 0.973 bits per heavy atom. The molecule has 2 aromatic carbocycles. The van der Waals surface area contributed by atoms with Crippen molar-refractivity contribution in [3.05, 3.63) is 47.5 Å². The molecule has 198 valence electrons. The standard InChI is InChI=1S/C25H32N6O6/c26-7-1-2-19-24(35)31-20(25(36)37)11-15-8-13(3-5-18(15)29-22(33)12-27)14-4-6-21(32)16(9-14)10-17(28)23(34)30-19/h3-6,8-9,17,19-20,32H,1-2,7,10-12,26-28H2,(H,29,33)(H,30,34)(H,31,35)(H,36,37)/t17-,19-,20?/m0/s1. The second-order valence-corrected chi connectivity index (χ2v) is 8.87. The van der Waals surface area contributed by atoms with Crippen molar-refractivity contribution >= 4 is 29.4 Å². The number of carboxylic acids is 1. The van der Waals surface area contributed by atoms with Crippen LogP contribution in [0.15, 0.2) is 36.4 Å². The number of nitrogens with one attached hydrogen (secondary N) is 3. The number of fused-ring (bicyclic) bond motifs is 5. The second-order valence-electron chi connectivity index (χ2n) is 8.87. The molecule has 11 N–H and O–H groups in total. The molecule has 0 saturated heterocycles. The van der Waals surface area contributed by atoms with Crippen molar-refractivity contribution in [3.8, 4) is 16.9 Å². The fourth-order valence-electron chi connectivity index (χ4n) is 4.09. The van der Waals surface area contributed by atoms with E-state index in [1.54, 1.807) is 30.3 Å². The van der Waals surface area contributed by atoms with E-state index in [9.17, 15) is 29.4 Å². The summed E-state index contributed by atoms with van der Waals surface area (Å²) in [7, 11) is 0. The van der Waals surface area contributed by atoms with Crippen molar-refractivity contribution in [2.45, 2.75) is 43.8 Å². The Hall–Kier alpha value is -4.00. The number of carboxylic acid groups (broad SMARTS) is 1. The summed E-state index contributed by atoms with van der Waals surface area (Å²) in [5.41, 5.74) is 19.6. The van der Waals surface area contributed by atoms with Crippen LogP contribution in [0.3, 0.4) is 0 Å². The number of amides is 3. The first-order valence-electron chi connectivity index (χ1n) is 11.9. The van der Waals surface area contributed by atoms with Gasteiger partial charge >= 0.3 is 5.97 Å². The number of aromatic hydroxyl groups is 1. The molecule has 0 aliphatic carbocycles. The minimum absolute atomic E-state index is 0.00795. The second kappa shape index (κ2) is 12.3. The zero-order valence-corrected chi connectivity index (χ0v) is 20.2. The van der Waals surface area contributed by atoms with E-state index in [-0.39, 0.29) is 38.1 Å². The Kier molecular flexibility index (Phi) is 9.17. The van der Waals surface area contributed by atoms with Crippen molar-refractivity contribution in [1.29, 1.82) is 0 Å². The van der Waals surface area contributed by atoms with Crippen LogP contribution in [-0.2, 0) is 32.0 Å². The topological polar surface area (TPSA) is 223 Å². The minimum Gasteiger partial charge on any atom is -0.508 e. The number of hydrogen-bond acceptors (Lipinski definition) is 8. The number of anilines is 1. The number of phenols is 1. The summed E-state index contributed by atoms with van der Waals surface area (Å²) in [5, 5.41) is 28.0. The highest BCUT2D eigenvalue weighted by Crippen LogP contribution is 2.30. The van der Waals surface area contributed by atoms with E-state index in [0.717, 1.165) is 0 Å². The first kappa shape index (κ1) is 27.6. The Morgan fingerprint density at radius 2 is 1.65 bits per heavy atom. The van der Waals surface area contributed by atoms with Crippen molar-refractivity contribution < 1.29 is 29.4 Å². The average Bonchev–Trinajstić information content (AvgIpc) is 2.87. The van der Waals surface area contributed by atoms with Gasteiger partial charge in [0, 0.05) is 18.5 Å². The molecular formula is C25H32N6O6. The Labute approximate surface area is 213 Å². The molecule has 1 aliphatic rings. The van der Waals surface area contributed by atoms with Gasteiger partial charge in [0.05, 0.1) is 12.6 Å². The highest BCUT2D eigenvalue weighted by atomic mass is 16.4. The van der Waals surface area contributed by atoms with Gasteiger partial charge in [-0.2, -0.15) is 0 Å². The summed E-state index contributed by atoms with van der Waals surface area (Å²) in [6.07, 6.45) is 0.385. The summed E-state index contributed by atoms with van der Waals surface area (Å²) < 4.78 is 0. The van der Waals surface area contributed by atoms with E-state index < -0.39 is 41.8 Å². The van der Waals surface area contributed by atoms with E-state index in [1.165, 1.54) is 6.07 Å². The van der Waals surface area contributed by atoms with Crippen LogP contribution in [0, 0.1) is 0 Å². The van der Waals surface area contributed by atoms with Crippen molar-refractivity contribution in [1.82, 2.24) is 10.6 Å². The fraction of sp³-hybridized carbons (Fsp3) is 0.360. The maximum absolute atomic E-state index is 13.1. The molecule has 0 radical (unpaired) electrons. The first-order valence-corrected chi connectivity index (χ1v) is 11.9. The average molecular weight is 513 g/mol. The van der Waals surface area contributed by atoms with Gasteiger partial charge in [0.15, 0.2) is 0 Å². The summed E-state index contributed by atoms with van der Waals surface area (Å²) in [5.74, 6) is -3.15. The van der Waals surface area contributed by atoms with Crippen LogP contribution in [-0.4, -0.2) is 65.1 Å². The molecule has 0 spiro atoms. The van der Waals surface area contributed by atoms with Gasteiger partial charge in [-0.05, 0) is 65.9 Å². The molecule has 1 unspecified atom stereocenters. The van der Waals surface area contributed by atoms with Crippen molar-refractivity contribution in [2.24, 2.45) is 17.2 Å². The van der Waals surface area contributed by atoms with E-state index >= 15 is 0 Å². The van der Waals surface area contributed by atoms with E-state index in [2.05, 4.69) is 16.0 Å². The predicted molar refractivity (Wildman–Crippen MR) is 136 cm³/mol. The first-order chi connectivity index (χ1) is 17.6. The Balaban J connectivity index is 2.13. The van der Waals surface area contributed by atoms with Crippen LogP contribution < -0.4 is 33.2 Å². The van der Waals surface area contributed by atoms with Gasteiger partial charge in [-0.3, -0.25) is 14.4 Å². The minimum atomic E-state index is -1.37. The maximum Gasteiger partial charge on any atom is 0.326 e. The molecule has 4 bridgehead atoms. The predicted octanol–water partition coefficient (Wildman–Crippen LogP) is -0.825. The summed E-state index contributed by atoms with van der Waals surface area (Å²) >= 11 is 0. The molecule has 12 nitrogen and oxygen atoms in total.